The maximum absolute atomic E-state index is 12.5. The Labute approximate surface area is 155 Å². The van der Waals surface area contributed by atoms with E-state index >= 15 is 0 Å². The van der Waals surface area contributed by atoms with Crippen LogP contribution in [0.25, 0.3) is 6.08 Å². The molecule has 6 nitrogen and oxygen atoms in total. The van der Waals surface area contributed by atoms with Crippen LogP contribution < -0.4 is 4.74 Å². The van der Waals surface area contributed by atoms with E-state index in [2.05, 4.69) is 0 Å². The van der Waals surface area contributed by atoms with E-state index in [0.29, 0.717) is 26.2 Å². The van der Waals surface area contributed by atoms with Crippen LogP contribution in [0.2, 0.25) is 0 Å². The van der Waals surface area contributed by atoms with Crippen molar-refractivity contribution in [1.29, 1.82) is 0 Å². The summed E-state index contributed by atoms with van der Waals surface area (Å²) in [5.74, 6) is 0.696. The summed E-state index contributed by atoms with van der Waals surface area (Å²) in [6.45, 7) is 7.75. The average Bonchev–Trinajstić information content (AvgIpc) is 2.84. The van der Waals surface area contributed by atoms with E-state index in [1.807, 2.05) is 45.0 Å². The van der Waals surface area contributed by atoms with Crippen LogP contribution in [0.1, 0.15) is 32.8 Å². The fourth-order valence-electron chi connectivity index (χ4n) is 2.67. The molecule has 1 saturated heterocycles. The molecule has 0 radical (unpaired) electrons. The minimum Gasteiger partial charge on any atom is -0.497 e. The number of carbonyl (C=O) groups excluding carboxylic acids is 2. The third-order valence-electron chi connectivity index (χ3n) is 3.97. The number of hydrogen-bond donors (Lipinski definition) is 0. The normalized spacial score (nSPS) is 15.7. The zero-order valence-corrected chi connectivity index (χ0v) is 16.0. The lowest BCUT2D eigenvalue weighted by molar-refractivity contribution is -0.125. The van der Waals surface area contributed by atoms with Crippen molar-refractivity contribution in [2.75, 3.05) is 33.3 Å². The zero-order valence-electron chi connectivity index (χ0n) is 16.0. The third-order valence-corrected chi connectivity index (χ3v) is 3.97. The highest BCUT2D eigenvalue weighted by Gasteiger charge is 2.25. The summed E-state index contributed by atoms with van der Waals surface area (Å²) in [7, 11) is 1.61. The van der Waals surface area contributed by atoms with Crippen LogP contribution >= 0.6 is 0 Å². The Hall–Kier alpha value is -2.50. The molecule has 26 heavy (non-hydrogen) atoms. The molecule has 0 aromatic heterocycles. The van der Waals surface area contributed by atoms with Gasteiger partial charge in [-0.3, -0.25) is 4.79 Å². The minimum atomic E-state index is -0.516. The molecule has 0 saturated carbocycles. The molecule has 1 aromatic rings. The molecule has 142 valence electrons. The largest absolute Gasteiger partial charge is 0.497 e. The Balaban J connectivity index is 1.92. The van der Waals surface area contributed by atoms with Crippen molar-refractivity contribution < 1.29 is 19.1 Å². The van der Waals surface area contributed by atoms with Crippen molar-refractivity contribution in [3.05, 3.63) is 35.9 Å². The van der Waals surface area contributed by atoms with Crippen LogP contribution in [0.15, 0.2) is 30.3 Å². The number of rotatable bonds is 3. The Morgan fingerprint density at radius 1 is 1.08 bits per heavy atom. The third kappa shape index (κ3) is 6.10. The summed E-state index contributed by atoms with van der Waals surface area (Å²) in [6.07, 6.45) is 3.76. The van der Waals surface area contributed by atoms with Gasteiger partial charge in [-0.05, 0) is 51.0 Å². The Kier molecular flexibility index (Phi) is 6.66. The standard InChI is InChI=1S/C20H28N2O4/c1-20(2,3)26-19(24)22-12-6-11-21(13-14-22)18(23)10-9-16-7-5-8-17(15-16)25-4/h5,7-10,15H,6,11-14H2,1-4H3/b10-9+. The van der Waals surface area contributed by atoms with Gasteiger partial charge in [-0.2, -0.15) is 0 Å². The molecule has 0 spiro atoms. The van der Waals surface area contributed by atoms with Crippen molar-refractivity contribution in [2.24, 2.45) is 0 Å². The maximum Gasteiger partial charge on any atom is 0.410 e. The number of nitrogens with zero attached hydrogens (tertiary/aromatic N) is 2. The first-order valence-electron chi connectivity index (χ1n) is 8.87. The predicted molar refractivity (Wildman–Crippen MR) is 101 cm³/mol. The number of ether oxygens (including phenoxy) is 2. The van der Waals surface area contributed by atoms with Crippen LogP contribution in [-0.4, -0.2) is 60.7 Å². The molecule has 0 bridgehead atoms. The van der Waals surface area contributed by atoms with E-state index < -0.39 is 5.60 Å². The highest BCUT2D eigenvalue weighted by molar-refractivity contribution is 5.91. The number of hydrogen-bond acceptors (Lipinski definition) is 4. The quantitative estimate of drug-likeness (QED) is 0.777. The highest BCUT2D eigenvalue weighted by Crippen LogP contribution is 2.15. The molecule has 2 amide bonds. The second-order valence-corrected chi connectivity index (χ2v) is 7.26. The molecule has 0 unspecified atom stereocenters. The summed E-state index contributed by atoms with van der Waals surface area (Å²) in [4.78, 5) is 28.1. The molecule has 1 fully saturated rings. The van der Waals surface area contributed by atoms with Crippen molar-refractivity contribution in [1.82, 2.24) is 9.80 Å². The maximum atomic E-state index is 12.5. The van der Waals surface area contributed by atoms with E-state index in [1.54, 1.807) is 29.1 Å². The smallest absolute Gasteiger partial charge is 0.410 e. The first-order chi connectivity index (χ1) is 12.3. The molecule has 2 rings (SSSR count). The van der Waals surface area contributed by atoms with Gasteiger partial charge in [0.25, 0.3) is 0 Å². The van der Waals surface area contributed by atoms with E-state index in [-0.39, 0.29) is 12.0 Å². The fourth-order valence-corrected chi connectivity index (χ4v) is 2.67. The van der Waals surface area contributed by atoms with Gasteiger partial charge >= 0.3 is 6.09 Å². The summed E-state index contributed by atoms with van der Waals surface area (Å²) >= 11 is 0. The lowest BCUT2D eigenvalue weighted by atomic mass is 10.2. The monoisotopic (exact) mass is 360 g/mol. The van der Waals surface area contributed by atoms with Crippen LogP contribution in [0.3, 0.4) is 0 Å². The summed E-state index contributed by atoms with van der Waals surface area (Å²) in [5, 5.41) is 0. The van der Waals surface area contributed by atoms with Crippen LogP contribution in [0, 0.1) is 0 Å². The van der Waals surface area contributed by atoms with Gasteiger partial charge in [0.15, 0.2) is 0 Å². The Morgan fingerprint density at radius 2 is 1.77 bits per heavy atom. The molecule has 1 aromatic carbocycles. The molecule has 0 atom stereocenters. The fraction of sp³-hybridized carbons (Fsp3) is 0.500. The predicted octanol–water partition coefficient (Wildman–Crippen LogP) is 3.18. The van der Waals surface area contributed by atoms with Crippen LogP contribution in [-0.2, 0) is 9.53 Å². The van der Waals surface area contributed by atoms with Crippen molar-refractivity contribution in [2.45, 2.75) is 32.8 Å². The van der Waals surface area contributed by atoms with Crippen molar-refractivity contribution in [3.8, 4) is 5.75 Å². The van der Waals surface area contributed by atoms with E-state index in [0.717, 1.165) is 17.7 Å². The first-order valence-corrected chi connectivity index (χ1v) is 8.87. The number of methoxy groups -OCH3 is 1. The van der Waals surface area contributed by atoms with E-state index in [1.165, 1.54) is 0 Å². The van der Waals surface area contributed by atoms with Gasteiger partial charge in [0.1, 0.15) is 11.4 Å². The average molecular weight is 360 g/mol. The molecular formula is C20H28N2O4. The van der Waals surface area contributed by atoms with E-state index in [9.17, 15) is 9.59 Å². The van der Waals surface area contributed by atoms with Gasteiger partial charge in [0, 0.05) is 32.3 Å². The highest BCUT2D eigenvalue weighted by atomic mass is 16.6. The second-order valence-electron chi connectivity index (χ2n) is 7.26. The minimum absolute atomic E-state index is 0.0566. The number of carbonyl (C=O) groups is 2. The van der Waals surface area contributed by atoms with Gasteiger partial charge in [0.05, 0.1) is 7.11 Å². The topological polar surface area (TPSA) is 59.1 Å². The van der Waals surface area contributed by atoms with Gasteiger partial charge in [-0.1, -0.05) is 12.1 Å². The number of amides is 2. The SMILES string of the molecule is COc1cccc(/C=C/C(=O)N2CCCN(C(=O)OC(C)(C)C)CC2)c1. The van der Waals surface area contributed by atoms with Gasteiger partial charge in [-0.15, -0.1) is 0 Å². The van der Waals surface area contributed by atoms with Crippen LogP contribution in [0.5, 0.6) is 5.75 Å². The molecule has 1 heterocycles. The number of benzene rings is 1. The molecule has 0 aliphatic carbocycles. The van der Waals surface area contributed by atoms with Gasteiger partial charge in [0.2, 0.25) is 5.91 Å². The molecule has 1 aliphatic rings. The summed E-state index contributed by atoms with van der Waals surface area (Å²) < 4.78 is 10.6. The Bertz CT molecular complexity index is 664. The van der Waals surface area contributed by atoms with Crippen LogP contribution in [0.4, 0.5) is 4.79 Å². The summed E-state index contributed by atoms with van der Waals surface area (Å²) in [6, 6.07) is 7.53. The van der Waals surface area contributed by atoms with Gasteiger partial charge < -0.3 is 19.3 Å². The molecular weight excluding hydrogens is 332 g/mol. The van der Waals surface area contributed by atoms with Gasteiger partial charge in [-0.25, -0.2) is 4.79 Å². The first kappa shape index (κ1) is 19.8. The Morgan fingerprint density at radius 3 is 2.46 bits per heavy atom. The lowest BCUT2D eigenvalue weighted by Gasteiger charge is -2.26. The molecule has 6 heteroatoms. The van der Waals surface area contributed by atoms with E-state index in [4.69, 9.17) is 9.47 Å². The lowest BCUT2D eigenvalue weighted by Crippen LogP contribution is -2.39. The molecule has 1 aliphatic heterocycles. The van der Waals surface area contributed by atoms with Crippen molar-refractivity contribution in [3.63, 3.8) is 0 Å². The molecule has 0 N–H and O–H groups in total. The summed E-state index contributed by atoms with van der Waals surface area (Å²) in [5.41, 5.74) is 0.390. The second kappa shape index (κ2) is 8.74. The zero-order chi connectivity index (χ0) is 19.2. The van der Waals surface area contributed by atoms with Crippen molar-refractivity contribution >= 4 is 18.1 Å².